The lowest BCUT2D eigenvalue weighted by molar-refractivity contribution is -0.117. The monoisotopic (exact) mass is 391 g/mol. The molecule has 0 spiro atoms. The SMILES string of the molecule is O=C(C=Cc1cc(CO)cs1)NC1CCN(C(=O)NC2CCCCC2)CC1. The normalized spacial score (nSPS) is 19.4. The molecule has 1 aliphatic heterocycles. The average molecular weight is 392 g/mol. The molecular weight excluding hydrogens is 362 g/mol. The van der Waals surface area contributed by atoms with Gasteiger partial charge < -0.3 is 20.6 Å². The molecule has 148 valence electrons. The molecule has 3 N–H and O–H groups in total. The summed E-state index contributed by atoms with van der Waals surface area (Å²) < 4.78 is 0. The van der Waals surface area contributed by atoms with Gasteiger partial charge in [0, 0.05) is 36.1 Å². The standard InChI is InChI=1S/C20H29N3O3S/c24-13-15-12-18(27-14-15)6-7-19(25)21-17-8-10-23(11-9-17)20(26)22-16-4-2-1-3-5-16/h6-7,12,14,16-17,24H,1-5,8-11,13H2,(H,21,25)(H,22,26). The Hall–Kier alpha value is -1.86. The second-order valence-corrected chi connectivity index (χ2v) is 8.35. The highest BCUT2D eigenvalue weighted by Gasteiger charge is 2.25. The molecule has 27 heavy (non-hydrogen) atoms. The van der Waals surface area contributed by atoms with Crippen molar-refractivity contribution in [3.63, 3.8) is 0 Å². The van der Waals surface area contributed by atoms with Gasteiger partial charge in [-0.15, -0.1) is 11.3 Å². The summed E-state index contributed by atoms with van der Waals surface area (Å²) in [5, 5.41) is 17.1. The van der Waals surface area contributed by atoms with E-state index in [9.17, 15) is 9.59 Å². The molecule has 0 unspecified atom stereocenters. The lowest BCUT2D eigenvalue weighted by Gasteiger charge is -2.34. The van der Waals surface area contributed by atoms with E-state index < -0.39 is 0 Å². The van der Waals surface area contributed by atoms with Crippen LogP contribution < -0.4 is 10.6 Å². The first-order valence-electron chi connectivity index (χ1n) is 9.86. The summed E-state index contributed by atoms with van der Waals surface area (Å²) in [5.74, 6) is -0.112. The molecule has 0 bridgehead atoms. The number of nitrogens with one attached hydrogen (secondary N) is 2. The van der Waals surface area contributed by atoms with Crippen molar-refractivity contribution in [1.29, 1.82) is 0 Å². The fourth-order valence-electron chi connectivity index (χ4n) is 3.71. The first-order valence-corrected chi connectivity index (χ1v) is 10.7. The highest BCUT2D eigenvalue weighted by Crippen LogP contribution is 2.19. The third-order valence-corrected chi connectivity index (χ3v) is 6.26. The maximum Gasteiger partial charge on any atom is 0.317 e. The van der Waals surface area contributed by atoms with E-state index >= 15 is 0 Å². The van der Waals surface area contributed by atoms with Crippen LogP contribution in [0.4, 0.5) is 4.79 Å². The summed E-state index contributed by atoms with van der Waals surface area (Å²) >= 11 is 1.50. The van der Waals surface area contributed by atoms with E-state index in [1.807, 2.05) is 16.3 Å². The zero-order valence-electron chi connectivity index (χ0n) is 15.7. The predicted molar refractivity (Wildman–Crippen MR) is 107 cm³/mol. The molecule has 0 atom stereocenters. The van der Waals surface area contributed by atoms with E-state index in [-0.39, 0.29) is 24.6 Å². The number of carbonyl (C=O) groups is 2. The van der Waals surface area contributed by atoms with Crippen molar-refractivity contribution in [2.45, 2.75) is 63.6 Å². The Labute approximate surface area is 164 Å². The van der Waals surface area contributed by atoms with Crippen LogP contribution in [0.2, 0.25) is 0 Å². The minimum absolute atomic E-state index is 0.0173. The lowest BCUT2D eigenvalue weighted by atomic mass is 9.95. The highest BCUT2D eigenvalue weighted by atomic mass is 32.1. The molecular formula is C20H29N3O3S. The van der Waals surface area contributed by atoms with Crippen LogP contribution in [0.3, 0.4) is 0 Å². The molecule has 6 nitrogen and oxygen atoms in total. The first-order chi connectivity index (χ1) is 13.1. The van der Waals surface area contributed by atoms with E-state index in [1.54, 1.807) is 6.08 Å². The van der Waals surface area contributed by atoms with Crippen molar-refractivity contribution in [2.24, 2.45) is 0 Å². The molecule has 0 aromatic carbocycles. The minimum atomic E-state index is -0.112. The van der Waals surface area contributed by atoms with Gasteiger partial charge in [-0.2, -0.15) is 0 Å². The second-order valence-electron chi connectivity index (χ2n) is 7.40. The summed E-state index contributed by atoms with van der Waals surface area (Å²) in [6.45, 7) is 1.37. The van der Waals surface area contributed by atoms with Gasteiger partial charge in [-0.1, -0.05) is 19.3 Å². The third kappa shape index (κ3) is 6.07. The summed E-state index contributed by atoms with van der Waals surface area (Å²) in [6, 6.07) is 2.36. The van der Waals surface area contributed by atoms with Gasteiger partial charge >= 0.3 is 6.03 Å². The zero-order chi connectivity index (χ0) is 19.1. The minimum Gasteiger partial charge on any atom is -0.392 e. The van der Waals surface area contributed by atoms with E-state index in [4.69, 9.17) is 5.11 Å². The molecule has 3 rings (SSSR count). The van der Waals surface area contributed by atoms with Gasteiger partial charge in [0.15, 0.2) is 0 Å². The number of aliphatic hydroxyl groups is 1. The number of piperidine rings is 1. The molecule has 7 heteroatoms. The number of hydrogen-bond donors (Lipinski definition) is 3. The molecule has 1 saturated heterocycles. The maximum atomic E-state index is 12.4. The summed E-state index contributed by atoms with van der Waals surface area (Å²) in [4.78, 5) is 27.3. The van der Waals surface area contributed by atoms with Crippen molar-refractivity contribution >= 4 is 29.4 Å². The Morgan fingerprint density at radius 2 is 1.81 bits per heavy atom. The summed E-state index contributed by atoms with van der Waals surface area (Å²) in [5.41, 5.74) is 0.860. The second kappa shape index (κ2) is 9.90. The van der Waals surface area contributed by atoms with Crippen LogP contribution in [0.15, 0.2) is 17.5 Å². The van der Waals surface area contributed by atoms with Gasteiger partial charge in [0.05, 0.1) is 6.61 Å². The van der Waals surface area contributed by atoms with Crippen LogP contribution in [0.1, 0.15) is 55.4 Å². The lowest BCUT2D eigenvalue weighted by Crippen LogP contribution is -2.51. The van der Waals surface area contributed by atoms with Crippen LogP contribution in [-0.2, 0) is 11.4 Å². The van der Waals surface area contributed by atoms with E-state index in [0.717, 1.165) is 36.1 Å². The van der Waals surface area contributed by atoms with E-state index in [2.05, 4.69) is 10.6 Å². The number of likely N-dealkylation sites (tertiary alicyclic amines) is 1. The fraction of sp³-hybridized carbons (Fsp3) is 0.600. The number of amides is 3. The number of rotatable bonds is 5. The molecule has 1 aliphatic carbocycles. The smallest absolute Gasteiger partial charge is 0.317 e. The average Bonchev–Trinajstić information content (AvgIpc) is 3.16. The molecule has 2 heterocycles. The van der Waals surface area contributed by atoms with Crippen LogP contribution in [0.5, 0.6) is 0 Å². The Morgan fingerprint density at radius 1 is 1.11 bits per heavy atom. The molecule has 2 fully saturated rings. The molecule has 3 amide bonds. The first kappa shape index (κ1) is 19.9. The van der Waals surface area contributed by atoms with Crippen LogP contribution in [0.25, 0.3) is 6.08 Å². The Morgan fingerprint density at radius 3 is 2.48 bits per heavy atom. The van der Waals surface area contributed by atoms with Gasteiger partial charge in [0.1, 0.15) is 0 Å². The Balaban J connectivity index is 1.38. The highest BCUT2D eigenvalue weighted by molar-refractivity contribution is 7.11. The molecule has 1 saturated carbocycles. The third-order valence-electron chi connectivity index (χ3n) is 5.32. The molecule has 0 radical (unpaired) electrons. The largest absolute Gasteiger partial charge is 0.392 e. The molecule has 2 aliphatic rings. The quantitative estimate of drug-likeness (QED) is 0.675. The van der Waals surface area contributed by atoms with Crippen LogP contribution in [0, 0.1) is 0 Å². The fourth-order valence-corrected chi connectivity index (χ4v) is 4.51. The Bertz CT molecular complexity index is 659. The van der Waals surface area contributed by atoms with Gasteiger partial charge in [-0.25, -0.2) is 4.79 Å². The van der Waals surface area contributed by atoms with Crippen molar-refractivity contribution in [2.75, 3.05) is 13.1 Å². The summed E-state index contributed by atoms with van der Waals surface area (Å²) in [7, 11) is 0. The number of hydrogen-bond acceptors (Lipinski definition) is 4. The Kier molecular flexibility index (Phi) is 7.29. The molecule has 1 aromatic rings. The van der Waals surface area contributed by atoms with Crippen molar-refractivity contribution in [3.8, 4) is 0 Å². The van der Waals surface area contributed by atoms with Gasteiger partial charge in [-0.05, 0) is 48.8 Å². The topological polar surface area (TPSA) is 81.7 Å². The number of urea groups is 1. The van der Waals surface area contributed by atoms with Gasteiger partial charge in [-0.3, -0.25) is 4.79 Å². The molecule has 1 aromatic heterocycles. The maximum absolute atomic E-state index is 12.4. The number of nitrogens with zero attached hydrogens (tertiary/aromatic N) is 1. The van der Waals surface area contributed by atoms with Gasteiger partial charge in [0.2, 0.25) is 5.91 Å². The number of aliphatic hydroxyl groups excluding tert-OH is 1. The number of thiophene rings is 1. The van der Waals surface area contributed by atoms with Crippen molar-refractivity contribution in [3.05, 3.63) is 28.0 Å². The number of carbonyl (C=O) groups excluding carboxylic acids is 2. The predicted octanol–water partition coefficient (Wildman–Crippen LogP) is 2.88. The zero-order valence-corrected chi connectivity index (χ0v) is 16.5. The van der Waals surface area contributed by atoms with Crippen LogP contribution >= 0.6 is 11.3 Å². The van der Waals surface area contributed by atoms with E-state index in [1.165, 1.54) is 36.7 Å². The van der Waals surface area contributed by atoms with Gasteiger partial charge in [0.25, 0.3) is 0 Å². The van der Waals surface area contributed by atoms with E-state index in [0.29, 0.717) is 19.1 Å². The summed E-state index contributed by atoms with van der Waals surface area (Å²) in [6.07, 6.45) is 10.8. The van der Waals surface area contributed by atoms with Crippen molar-refractivity contribution in [1.82, 2.24) is 15.5 Å². The van der Waals surface area contributed by atoms with Crippen molar-refractivity contribution < 1.29 is 14.7 Å². The van der Waals surface area contributed by atoms with Crippen LogP contribution in [-0.4, -0.2) is 47.1 Å².